The summed E-state index contributed by atoms with van der Waals surface area (Å²) in [5, 5.41) is 1.98. The Morgan fingerprint density at radius 2 is 1.96 bits per heavy atom. The second-order valence-corrected chi connectivity index (χ2v) is 7.54. The van der Waals surface area contributed by atoms with Crippen molar-refractivity contribution in [3.63, 3.8) is 0 Å². The lowest BCUT2D eigenvalue weighted by atomic mass is 10.1. The molecule has 0 aliphatic heterocycles. The van der Waals surface area contributed by atoms with Gasteiger partial charge in [0, 0.05) is 36.3 Å². The second-order valence-electron chi connectivity index (χ2n) is 6.70. The summed E-state index contributed by atoms with van der Waals surface area (Å²) in [7, 11) is 0. The Morgan fingerprint density at radius 3 is 2.67 bits per heavy atom. The maximum Gasteiger partial charge on any atom is 0.259 e. The van der Waals surface area contributed by atoms with Crippen LogP contribution in [0.3, 0.4) is 0 Å². The quantitative estimate of drug-likeness (QED) is 0.713. The van der Waals surface area contributed by atoms with E-state index < -0.39 is 0 Å². The average Bonchev–Trinajstić information content (AvgIpc) is 3.33. The molecule has 2 aromatic heterocycles. The molecule has 1 aliphatic carbocycles. The number of hydrogen-bond acceptors (Lipinski definition) is 4. The molecule has 1 fully saturated rings. The Hall–Kier alpha value is -1.98. The van der Waals surface area contributed by atoms with Gasteiger partial charge in [-0.15, -0.1) is 11.3 Å². The number of fused-ring (bicyclic) bond motifs is 1. The molecule has 0 radical (unpaired) electrons. The fraction of sp³-hybridized carbons (Fsp3) is 0.368. The summed E-state index contributed by atoms with van der Waals surface area (Å²) < 4.78 is 1.69. The van der Waals surface area contributed by atoms with Crippen molar-refractivity contribution in [2.75, 3.05) is 0 Å². The van der Waals surface area contributed by atoms with E-state index >= 15 is 0 Å². The van der Waals surface area contributed by atoms with Crippen molar-refractivity contribution in [1.29, 1.82) is 0 Å². The molecule has 0 atom stereocenters. The van der Waals surface area contributed by atoms with Crippen LogP contribution in [0.15, 0.2) is 40.5 Å². The first-order chi connectivity index (χ1) is 11.6. The molecular formula is C19H21N3OS. The summed E-state index contributed by atoms with van der Waals surface area (Å²) in [4.78, 5) is 20.3. The minimum atomic E-state index is 0.0276. The zero-order chi connectivity index (χ0) is 16.7. The molecule has 0 bridgehead atoms. The van der Waals surface area contributed by atoms with Crippen molar-refractivity contribution in [1.82, 2.24) is 14.3 Å². The van der Waals surface area contributed by atoms with Gasteiger partial charge >= 0.3 is 0 Å². The zero-order valence-electron chi connectivity index (χ0n) is 14.0. The molecule has 0 saturated heterocycles. The van der Waals surface area contributed by atoms with Crippen LogP contribution in [0.5, 0.6) is 0 Å². The number of nitrogens with zero attached hydrogens (tertiary/aromatic N) is 3. The van der Waals surface area contributed by atoms with E-state index in [1.165, 1.54) is 35.3 Å². The Bertz CT molecular complexity index is 922. The highest BCUT2D eigenvalue weighted by atomic mass is 32.1. The van der Waals surface area contributed by atoms with Crippen molar-refractivity contribution in [3.8, 4) is 0 Å². The van der Waals surface area contributed by atoms with Gasteiger partial charge in [0.1, 0.15) is 0 Å². The van der Waals surface area contributed by atoms with Crippen LogP contribution in [0.25, 0.3) is 4.96 Å². The molecule has 0 unspecified atom stereocenters. The van der Waals surface area contributed by atoms with Gasteiger partial charge in [-0.2, -0.15) is 0 Å². The van der Waals surface area contributed by atoms with Crippen molar-refractivity contribution >= 4 is 16.3 Å². The summed E-state index contributed by atoms with van der Waals surface area (Å²) in [5.41, 5.74) is 4.46. The molecule has 4 nitrogen and oxygen atoms in total. The third-order valence-electron chi connectivity index (χ3n) is 4.56. The summed E-state index contributed by atoms with van der Waals surface area (Å²) in [5.74, 6) is 0. The van der Waals surface area contributed by atoms with Crippen molar-refractivity contribution in [3.05, 3.63) is 68.6 Å². The topological polar surface area (TPSA) is 37.6 Å². The van der Waals surface area contributed by atoms with Crippen molar-refractivity contribution < 1.29 is 0 Å². The van der Waals surface area contributed by atoms with Gasteiger partial charge in [0.05, 0.1) is 5.69 Å². The predicted octanol–water partition coefficient (Wildman–Crippen LogP) is 3.54. The summed E-state index contributed by atoms with van der Waals surface area (Å²) in [6.45, 7) is 5.70. The molecule has 5 heteroatoms. The van der Waals surface area contributed by atoms with Gasteiger partial charge < -0.3 is 0 Å². The molecule has 1 saturated carbocycles. The molecule has 4 rings (SSSR count). The van der Waals surface area contributed by atoms with Crippen molar-refractivity contribution in [2.45, 2.75) is 45.8 Å². The summed E-state index contributed by atoms with van der Waals surface area (Å²) in [6.07, 6.45) is 2.48. The maximum absolute atomic E-state index is 12.4. The largest absolute Gasteiger partial charge is 0.290 e. The number of aryl methyl sites for hydroxylation is 2. The summed E-state index contributed by atoms with van der Waals surface area (Å²) >= 11 is 1.53. The van der Waals surface area contributed by atoms with Gasteiger partial charge in [0.15, 0.2) is 4.96 Å². The van der Waals surface area contributed by atoms with E-state index in [1.54, 1.807) is 10.5 Å². The van der Waals surface area contributed by atoms with E-state index in [1.807, 2.05) is 12.3 Å². The minimum absolute atomic E-state index is 0.0276. The van der Waals surface area contributed by atoms with Crippen LogP contribution >= 0.6 is 11.3 Å². The Labute approximate surface area is 145 Å². The SMILES string of the molecule is Cc1ccc(CN(Cc2cc(=O)n3c(C)csc3n2)C2CC2)cc1. The molecule has 0 amide bonds. The van der Waals surface area contributed by atoms with Gasteiger partial charge in [0.2, 0.25) is 0 Å². The van der Waals surface area contributed by atoms with E-state index in [0.29, 0.717) is 6.04 Å². The monoisotopic (exact) mass is 339 g/mol. The third-order valence-corrected chi connectivity index (χ3v) is 5.51. The molecular weight excluding hydrogens is 318 g/mol. The van der Waals surface area contributed by atoms with Gasteiger partial charge in [-0.25, -0.2) is 4.98 Å². The molecule has 3 aromatic rings. The van der Waals surface area contributed by atoms with Crippen molar-refractivity contribution in [2.24, 2.45) is 0 Å². The van der Waals surface area contributed by atoms with Gasteiger partial charge in [-0.3, -0.25) is 14.1 Å². The first kappa shape index (κ1) is 15.5. The molecule has 1 aromatic carbocycles. The number of hydrogen-bond donors (Lipinski definition) is 0. The Balaban J connectivity index is 1.59. The van der Waals surface area contributed by atoms with Crippen LogP contribution in [-0.4, -0.2) is 20.3 Å². The standard InChI is InChI=1S/C19H21N3OS/c1-13-3-5-15(6-4-13)10-21(17-7-8-17)11-16-9-18(23)22-14(2)12-24-19(22)20-16/h3-6,9,12,17H,7-8,10-11H2,1-2H3. The van der Waals surface area contributed by atoms with Crippen LogP contribution in [0.1, 0.15) is 35.4 Å². The van der Waals surface area contributed by atoms with Crippen LogP contribution in [-0.2, 0) is 13.1 Å². The third kappa shape index (κ3) is 3.14. The lowest BCUT2D eigenvalue weighted by molar-refractivity contribution is 0.243. The van der Waals surface area contributed by atoms with E-state index in [9.17, 15) is 4.79 Å². The lowest BCUT2D eigenvalue weighted by Crippen LogP contribution is -2.27. The maximum atomic E-state index is 12.4. The molecule has 0 spiro atoms. The Morgan fingerprint density at radius 1 is 1.21 bits per heavy atom. The van der Waals surface area contributed by atoms with Crippen LogP contribution in [0.4, 0.5) is 0 Å². The average molecular weight is 339 g/mol. The molecule has 24 heavy (non-hydrogen) atoms. The van der Waals surface area contributed by atoms with E-state index in [-0.39, 0.29) is 5.56 Å². The molecule has 0 N–H and O–H groups in total. The van der Waals surface area contributed by atoms with Gasteiger partial charge in [0.25, 0.3) is 5.56 Å². The van der Waals surface area contributed by atoms with Crippen LogP contribution in [0, 0.1) is 13.8 Å². The second kappa shape index (κ2) is 6.15. The van der Waals surface area contributed by atoms with Gasteiger partial charge in [-0.05, 0) is 32.3 Å². The first-order valence-electron chi connectivity index (χ1n) is 8.36. The smallest absolute Gasteiger partial charge is 0.259 e. The first-order valence-corrected chi connectivity index (χ1v) is 9.24. The number of benzene rings is 1. The van der Waals surface area contributed by atoms with E-state index in [2.05, 4.69) is 36.1 Å². The normalized spacial score (nSPS) is 14.6. The number of thiazole rings is 1. The van der Waals surface area contributed by atoms with Crippen LogP contribution < -0.4 is 5.56 Å². The van der Waals surface area contributed by atoms with Crippen LogP contribution in [0.2, 0.25) is 0 Å². The predicted molar refractivity (Wildman–Crippen MR) is 97.5 cm³/mol. The van der Waals surface area contributed by atoms with E-state index in [0.717, 1.165) is 29.4 Å². The zero-order valence-corrected chi connectivity index (χ0v) is 14.8. The fourth-order valence-corrected chi connectivity index (χ4v) is 3.96. The molecule has 2 heterocycles. The number of aromatic nitrogens is 2. The van der Waals surface area contributed by atoms with Gasteiger partial charge in [-0.1, -0.05) is 29.8 Å². The number of rotatable bonds is 5. The highest BCUT2D eigenvalue weighted by molar-refractivity contribution is 7.15. The summed E-state index contributed by atoms with van der Waals surface area (Å²) in [6, 6.07) is 11.0. The molecule has 1 aliphatic rings. The Kier molecular flexibility index (Phi) is 3.98. The molecule has 124 valence electrons. The lowest BCUT2D eigenvalue weighted by Gasteiger charge is -2.21. The highest BCUT2D eigenvalue weighted by Gasteiger charge is 2.29. The fourth-order valence-electron chi connectivity index (χ4n) is 3.07. The minimum Gasteiger partial charge on any atom is -0.290 e. The van der Waals surface area contributed by atoms with E-state index in [4.69, 9.17) is 4.98 Å². The highest BCUT2D eigenvalue weighted by Crippen LogP contribution is 2.29.